The molecule has 5 nitrogen and oxygen atoms in total. The number of piperidine rings is 1. The molecule has 0 aromatic carbocycles. The Labute approximate surface area is 144 Å². The normalized spacial score (nSPS) is 28.7. The molecule has 3 aliphatic rings. The molecule has 2 saturated carbocycles. The van der Waals surface area contributed by atoms with Gasteiger partial charge in [0.2, 0.25) is 5.91 Å². The van der Waals surface area contributed by atoms with Crippen LogP contribution in [0.4, 0.5) is 5.82 Å². The van der Waals surface area contributed by atoms with E-state index >= 15 is 0 Å². The summed E-state index contributed by atoms with van der Waals surface area (Å²) in [6.45, 7) is 2.72. The number of likely N-dealkylation sites (tertiary alicyclic amines) is 1. The SMILES string of the molecule is O=C(CN1CC[C@@H]2CCCC[C@@H]2C1)Nc1ccnn1C1CCCC1. The summed E-state index contributed by atoms with van der Waals surface area (Å²) in [5, 5.41) is 7.55. The molecule has 24 heavy (non-hydrogen) atoms. The van der Waals surface area contributed by atoms with Gasteiger partial charge in [-0.3, -0.25) is 9.69 Å². The first-order valence-corrected chi connectivity index (χ1v) is 9.85. The smallest absolute Gasteiger partial charge is 0.239 e. The third kappa shape index (κ3) is 3.51. The lowest BCUT2D eigenvalue weighted by Gasteiger charge is -2.41. The predicted molar refractivity (Wildman–Crippen MR) is 94.9 cm³/mol. The van der Waals surface area contributed by atoms with E-state index in [4.69, 9.17) is 0 Å². The predicted octanol–water partition coefficient (Wildman–Crippen LogP) is 3.45. The Bertz CT molecular complexity index is 563. The van der Waals surface area contributed by atoms with Crippen LogP contribution in [0.5, 0.6) is 0 Å². The highest BCUT2D eigenvalue weighted by molar-refractivity contribution is 5.91. The van der Waals surface area contributed by atoms with Gasteiger partial charge in [-0.1, -0.05) is 32.1 Å². The maximum absolute atomic E-state index is 12.5. The van der Waals surface area contributed by atoms with E-state index in [9.17, 15) is 4.79 Å². The van der Waals surface area contributed by atoms with Gasteiger partial charge in [-0.25, -0.2) is 4.68 Å². The number of hydrogen-bond acceptors (Lipinski definition) is 3. The van der Waals surface area contributed by atoms with Crippen LogP contribution in [0.1, 0.15) is 63.8 Å². The zero-order valence-electron chi connectivity index (χ0n) is 14.6. The average molecular weight is 330 g/mol. The molecule has 132 valence electrons. The van der Waals surface area contributed by atoms with E-state index in [-0.39, 0.29) is 5.91 Å². The molecule has 1 aromatic heterocycles. The molecule has 1 aromatic rings. The van der Waals surface area contributed by atoms with E-state index in [0.717, 1.165) is 30.7 Å². The van der Waals surface area contributed by atoms with Crippen LogP contribution in [-0.4, -0.2) is 40.2 Å². The fourth-order valence-corrected chi connectivity index (χ4v) is 5.06. The Balaban J connectivity index is 1.31. The molecule has 1 N–H and O–H groups in total. The van der Waals surface area contributed by atoms with E-state index in [1.54, 1.807) is 6.20 Å². The van der Waals surface area contributed by atoms with Crippen LogP contribution in [0.25, 0.3) is 0 Å². The molecule has 0 bridgehead atoms. The van der Waals surface area contributed by atoms with Crippen molar-refractivity contribution >= 4 is 11.7 Å². The van der Waals surface area contributed by atoms with E-state index < -0.39 is 0 Å². The average Bonchev–Trinajstić information content (AvgIpc) is 3.25. The maximum Gasteiger partial charge on any atom is 0.239 e. The number of anilines is 1. The quantitative estimate of drug-likeness (QED) is 0.920. The summed E-state index contributed by atoms with van der Waals surface area (Å²) < 4.78 is 2.03. The van der Waals surface area contributed by atoms with Gasteiger partial charge in [-0.15, -0.1) is 0 Å². The molecule has 5 heteroatoms. The van der Waals surface area contributed by atoms with Crippen molar-refractivity contribution in [3.63, 3.8) is 0 Å². The number of amides is 1. The number of fused-ring (bicyclic) bond motifs is 1. The number of carbonyl (C=O) groups is 1. The molecule has 4 rings (SSSR count). The lowest BCUT2D eigenvalue weighted by atomic mass is 9.75. The molecular weight excluding hydrogens is 300 g/mol. The van der Waals surface area contributed by atoms with Crippen LogP contribution in [0.15, 0.2) is 12.3 Å². The standard InChI is InChI=1S/C19H30N4O/c24-19(14-22-12-10-15-5-1-2-6-16(15)13-22)21-18-9-11-20-23(18)17-7-3-4-8-17/h9,11,15-17H,1-8,10,12-14H2,(H,21,24)/t15-,16+/m0/s1. The van der Waals surface area contributed by atoms with Gasteiger partial charge in [0, 0.05) is 12.6 Å². The fourth-order valence-electron chi connectivity index (χ4n) is 5.06. The van der Waals surface area contributed by atoms with Crippen molar-refractivity contribution in [2.45, 2.75) is 63.8 Å². The summed E-state index contributed by atoms with van der Waals surface area (Å²) in [6.07, 6.45) is 13.5. The third-order valence-corrected chi connectivity index (χ3v) is 6.35. The van der Waals surface area contributed by atoms with Gasteiger partial charge in [0.05, 0.1) is 18.8 Å². The Morgan fingerprint density at radius 1 is 1.08 bits per heavy atom. The second-order valence-electron chi connectivity index (χ2n) is 7.98. The Morgan fingerprint density at radius 2 is 1.83 bits per heavy atom. The van der Waals surface area contributed by atoms with Gasteiger partial charge >= 0.3 is 0 Å². The minimum absolute atomic E-state index is 0.115. The molecule has 1 saturated heterocycles. The van der Waals surface area contributed by atoms with Gasteiger partial charge in [-0.05, 0) is 44.1 Å². The molecule has 1 amide bonds. The van der Waals surface area contributed by atoms with Gasteiger partial charge in [0.1, 0.15) is 5.82 Å². The second-order valence-corrected chi connectivity index (χ2v) is 7.98. The van der Waals surface area contributed by atoms with Crippen molar-refractivity contribution < 1.29 is 4.79 Å². The first kappa shape index (κ1) is 16.1. The van der Waals surface area contributed by atoms with Gasteiger partial charge < -0.3 is 5.32 Å². The summed E-state index contributed by atoms with van der Waals surface area (Å²) in [4.78, 5) is 14.9. The number of rotatable bonds is 4. The van der Waals surface area contributed by atoms with Crippen molar-refractivity contribution in [3.8, 4) is 0 Å². The molecule has 1 aliphatic heterocycles. The molecule has 3 fully saturated rings. The van der Waals surface area contributed by atoms with E-state index in [1.165, 1.54) is 57.8 Å². The van der Waals surface area contributed by atoms with Crippen molar-refractivity contribution in [1.82, 2.24) is 14.7 Å². The fraction of sp³-hybridized carbons (Fsp3) is 0.789. The highest BCUT2D eigenvalue weighted by atomic mass is 16.2. The molecule has 2 aliphatic carbocycles. The minimum Gasteiger partial charge on any atom is -0.310 e. The lowest BCUT2D eigenvalue weighted by Crippen LogP contribution is -2.45. The van der Waals surface area contributed by atoms with Crippen LogP contribution in [0.3, 0.4) is 0 Å². The molecule has 2 atom stereocenters. The van der Waals surface area contributed by atoms with Crippen LogP contribution in [-0.2, 0) is 4.79 Å². The number of nitrogens with zero attached hydrogens (tertiary/aromatic N) is 3. The summed E-state index contributed by atoms with van der Waals surface area (Å²) in [6, 6.07) is 2.40. The van der Waals surface area contributed by atoms with E-state index in [2.05, 4.69) is 15.3 Å². The highest BCUT2D eigenvalue weighted by Gasteiger charge is 2.31. The first-order chi connectivity index (χ1) is 11.8. The molecular formula is C19H30N4O. The van der Waals surface area contributed by atoms with E-state index in [0.29, 0.717) is 12.6 Å². The van der Waals surface area contributed by atoms with Crippen LogP contribution in [0.2, 0.25) is 0 Å². The molecule has 0 radical (unpaired) electrons. The number of aromatic nitrogens is 2. The second kappa shape index (κ2) is 7.26. The minimum atomic E-state index is 0.115. The number of carbonyl (C=O) groups excluding carboxylic acids is 1. The summed E-state index contributed by atoms with van der Waals surface area (Å²) in [5.41, 5.74) is 0. The summed E-state index contributed by atoms with van der Waals surface area (Å²) in [5.74, 6) is 2.73. The lowest BCUT2D eigenvalue weighted by molar-refractivity contribution is -0.118. The zero-order valence-corrected chi connectivity index (χ0v) is 14.6. The van der Waals surface area contributed by atoms with E-state index in [1.807, 2.05) is 10.7 Å². The van der Waals surface area contributed by atoms with Crippen LogP contribution in [0, 0.1) is 11.8 Å². The largest absolute Gasteiger partial charge is 0.310 e. The third-order valence-electron chi connectivity index (χ3n) is 6.35. The molecule has 0 spiro atoms. The van der Waals surface area contributed by atoms with Gasteiger partial charge in [-0.2, -0.15) is 5.10 Å². The van der Waals surface area contributed by atoms with Crippen molar-refractivity contribution in [2.75, 3.05) is 25.0 Å². The van der Waals surface area contributed by atoms with Crippen molar-refractivity contribution in [3.05, 3.63) is 12.3 Å². The number of hydrogen-bond donors (Lipinski definition) is 1. The molecule has 0 unspecified atom stereocenters. The van der Waals surface area contributed by atoms with Crippen LogP contribution >= 0.6 is 0 Å². The summed E-state index contributed by atoms with van der Waals surface area (Å²) >= 11 is 0. The van der Waals surface area contributed by atoms with Gasteiger partial charge in [0.25, 0.3) is 0 Å². The Kier molecular flexibility index (Phi) is 4.88. The van der Waals surface area contributed by atoms with Crippen LogP contribution < -0.4 is 5.32 Å². The highest BCUT2D eigenvalue weighted by Crippen LogP contribution is 2.36. The number of nitrogens with one attached hydrogen (secondary N) is 1. The zero-order chi connectivity index (χ0) is 16.4. The van der Waals surface area contributed by atoms with Crippen molar-refractivity contribution in [2.24, 2.45) is 11.8 Å². The molecule has 2 heterocycles. The van der Waals surface area contributed by atoms with Crippen molar-refractivity contribution in [1.29, 1.82) is 0 Å². The first-order valence-electron chi connectivity index (χ1n) is 9.85. The topological polar surface area (TPSA) is 50.2 Å². The van der Waals surface area contributed by atoms with Gasteiger partial charge in [0.15, 0.2) is 0 Å². The Morgan fingerprint density at radius 3 is 2.67 bits per heavy atom. The maximum atomic E-state index is 12.5. The summed E-state index contributed by atoms with van der Waals surface area (Å²) in [7, 11) is 0. The monoisotopic (exact) mass is 330 g/mol. The Hall–Kier alpha value is -1.36.